The largest absolute Gasteiger partial charge is 0.397 e. The van der Waals surface area contributed by atoms with Crippen LogP contribution in [0.1, 0.15) is 32.1 Å². The van der Waals surface area contributed by atoms with Crippen molar-refractivity contribution < 1.29 is 9.50 Å². The number of nitrogens with two attached hydrogens (primary N) is 1. The third-order valence-electron chi connectivity index (χ3n) is 3.61. The van der Waals surface area contributed by atoms with Crippen molar-refractivity contribution in [1.29, 1.82) is 0 Å². The standard InChI is InChI=1S/C13H18ClFN2O/c14-9-6-12(11(16)7-10(9)15)17-13(8-18)4-2-1-3-5-13/h6-7,17-18H,1-5,8,16H2. The molecule has 0 unspecified atom stereocenters. The Bertz CT molecular complexity index is 433. The maximum Gasteiger partial charge on any atom is 0.143 e. The Kier molecular flexibility index (Phi) is 3.97. The van der Waals surface area contributed by atoms with Crippen molar-refractivity contribution >= 4 is 23.0 Å². The lowest BCUT2D eigenvalue weighted by Crippen LogP contribution is -2.44. The van der Waals surface area contributed by atoms with Crippen LogP contribution in [0.3, 0.4) is 0 Å². The summed E-state index contributed by atoms with van der Waals surface area (Å²) in [7, 11) is 0. The molecule has 0 bridgehead atoms. The number of anilines is 2. The van der Waals surface area contributed by atoms with Crippen molar-refractivity contribution in [2.45, 2.75) is 37.6 Å². The highest BCUT2D eigenvalue weighted by molar-refractivity contribution is 6.31. The molecular weight excluding hydrogens is 255 g/mol. The monoisotopic (exact) mass is 272 g/mol. The van der Waals surface area contributed by atoms with E-state index in [1.807, 2.05) is 0 Å². The van der Waals surface area contributed by atoms with E-state index in [2.05, 4.69) is 5.32 Å². The maximum absolute atomic E-state index is 13.2. The van der Waals surface area contributed by atoms with Gasteiger partial charge in [0, 0.05) is 6.07 Å². The van der Waals surface area contributed by atoms with Crippen molar-refractivity contribution in [3.63, 3.8) is 0 Å². The molecule has 1 aliphatic rings. The lowest BCUT2D eigenvalue weighted by molar-refractivity contribution is 0.173. The van der Waals surface area contributed by atoms with Crippen LogP contribution in [0.5, 0.6) is 0 Å². The summed E-state index contributed by atoms with van der Waals surface area (Å²) in [5.74, 6) is -0.526. The Labute approximate surface area is 111 Å². The highest BCUT2D eigenvalue weighted by Gasteiger charge is 2.31. The van der Waals surface area contributed by atoms with E-state index >= 15 is 0 Å². The van der Waals surface area contributed by atoms with Crippen molar-refractivity contribution in [3.8, 4) is 0 Å². The molecule has 5 heteroatoms. The van der Waals surface area contributed by atoms with Crippen molar-refractivity contribution in [3.05, 3.63) is 23.0 Å². The molecular formula is C13H18ClFN2O. The highest BCUT2D eigenvalue weighted by atomic mass is 35.5. The van der Waals surface area contributed by atoms with E-state index in [0.717, 1.165) is 25.7 Å². The quantitative estimate of drug-likeness (QED) is 0.741. The van der Waals surface area contributed by atoms with Gasteiger partial charge in [0.2, 0.25) is 0 Å². The van der Waals surface area contributed by atoms with E-state index in [1.54, 1.807) is 0 Å². The highest BCUT2D eigenvalue weighted by Crippen LogP contribution is 2.34. The second kappa shape index (κ2) is 5.33. The van der Waals surface area contributed by atoms with Gasteiger partial charge in [-0.25, -0.2) is 4.39 Å². The SMILES string of the molecule is Nc1cc(F)c(Cl)cc1NC1(CO)CCCCC1. The van der Waals surface area contributed by atoms with Gasteiger partial charge in [-0.2, -0.15) is 0 Å². The molecule has 0 saturated heterocycles. The van der Waals surface area contributed by atoms with Crippen LogP contribution >= 0.6 is 11.6 Å². The molecule has 100 valence electrons. The Balaban J connectivity index is 2.24. The molecule has 0 spiro atoms. The van der Waals surface area contributed by atoms with Crippen LogP contribution in [0.25, 0.3) is 0 Å². The van der Waals surface area contributed by atoms with Gasteiger partial charge in [-0.05, 0) is 18.9 Å². The Morgan fingerprint density at radius 2 is 2.00 bits per heavy atom. The molecule has 0 radical (unpaired) electrons. The van der Waals surface area contributed by atoms with Crippen LogP contribution in [0.4, 0.5) is 15.8 Å². The molecule has 0 atom stereocenters. The van der Waals surface area contributed by atoms with Gasteiger partial charge >= 0.3 is 0 Å². The van der Waals surface area contributed by atoms with Gasteiger partial charge in [-0.1, -0.05) is 30.9 Å². The number of nitrogen functional groups attached to an aromatic ring is 1. The van der Waals surface area contributed by atoms with E-state index in [-0.39, 0.29) is 17.2 Å². The summed E-state index contributed by atoms with van der Waals surface area (Å²) < 4.78 is 13.2. The van der Waals surface area contributed by atoms with Gasteiger partial charge < -0.3 is 16.2 Å². The molecule has 1 aromatic rings. The summed E-state index contributed by atoms with van der Waals surface area (Å²) in [5.41, 5.74) is 6.33. The van der Waals surface area contributed by atoms with Crippen LogP contribution in [0.15, 0.2) is 12.1 Å². The fourth-order valence-corrected chi connectivity index (χ4v) is 2.67. The second-order valence-electron chi connectivity index (χ2n) is 4.98. The molecule has 2 rings (SSSR count). The van der Waals surface area contributed by atoms with Crippen molar-refractivity contribution in [2.24, 2.45) is 0 Å². The van der Waals surface area contributed by atoms with Gasteiger partial charge in [0.25, 0.3) is 0 Å². The number of rotatable bonds is 3. The van der Waals surface area contributed by atoms with Crippen LogP contribution in [-0.4, -0.2) is 17.3 Å². The van der Waals surface area contributed by atoms with E-state index in [4.69, 9.17) is 17.3 Å². The van der Waals surface area contributed by atoms with E-state index in [1.165, 1.54) is 18.6 Å². The smallest absolute Gasteiger partial charge is 0.143 e. The van der Waals surface area contributed by atoms with Crippen LogP contribution in [0.2, 0.25) is 5.02 Å². The van der Waals surface area contributed by atoms with Gasteiger partial charge in [0.05, 0.1) is 28.5 Å². The predicted molar refractivity (Wildman–Crippen MR) is 72.3 cm³/mol. The first-order chi connectivity index (χ1) is 8.56. The zero-order valence-corrected chi connectivity index (χ0v) is 10.9. The number of halogens is 2. The normalized spacial score (nSPS) is 18.6. The van der Waals surface area contributed by atoms with Gasteiger partial charge in [-0.15, -0.1) is 0 Å². The number of hydrogen-bond acceptors (Lipinski definition) is 3. The minimum atomic E-state index is -0.526. The minimum Gasteiger partial charge on any atom is -0.397 e. The number of nitrogens with one attached hydrogen (secondary N) is 1. The summed E-state index contributed by atoms with van der Waals surface area (Å²) in [6, 6.07) is 2.69. The Morgan fingerprint density at radius 1 is 1.33 bits per heavy atom. The molecule has 1 fully saturated rings. The molecule has 3 nitrogen and oxygen atoms in total. The van der Waals surface area contributed by atoms with E-state index in [0.29, 0.717) is 11.4 Å². The zero-order chi connectivity index (χ0) is 13.2. The molecule has 18 heavy (non-hydrogen) atoms. The first-order valence-electron chi connectivity index (χ1n) is 6.20. The summed E-state index contributed by atoms with van der Waals surface area (Å²) in [5, 5.41) is 12.9. The van der Waals surface area contributed by atoms with Crippen LogP contribution in [-0.2, 0) is 0 Å². The van der Waals surface area contributed by atoms with Crippen molar-refractivity contribution in [1.82, 2.24) is 0 Å². The summed E-state index contributed by atoms with van der Waals surface area (Å²) in [4.78, 5) is 0. The number of benzene rings is 1. The fourth-order valence-electron chi connectivity index (χ4n) is 2.51. The zero-order valence-electron chi connectivity index (χ0n) is 10.2. The van der Waals surface area contributed by atoms with Crippen LogP contribution < -0.4 is 11.1 Å². The third-order valence-corrected chi connectivity index (χ3v) is 3.90. The first kappa shape index (κ1) is 13.4. The summed E-state index contributed by atoms with van der Waals surface area (Å²) >= 11 is 5.76. The maximum atomic E-state index is 13.2. The molecule has 0 aliphatic heterocycles. The average molecular weight is 273 g/mol. The summed E-state index contributed by atoms with van der Waals surface area (Å²) in [6.45, 7) is 0.0431. The Morgan fingerprint density at radius 3 is 2.61 bits per heavy atom. The molecule has 0 amide bonds. The predicted octanol–water partition coefficient (Wildman–Crippen LogP) is 3.17. The lowest BCUT2D eigenvalue weighted by atomic mass is 9.82. The van der Waals surface area contributed by atoms with Gasteiger partial charge in [0.15, 0.2) is 0 Å². The lowest BCUT2D eigenvalue weighted by Gasteiger charge is -2.37. The number of hydrogen-bond donors (Lipinski definition) is 3. The second-order valence-corrected chi connectivity index (χ2v) is 5.38. The molecule has 0 aromatic heterocycles. The molecule has 1 aliphatic carbocycles. The fraction of sp³-hybridized carbons (Fsp3) is 0.538. The number of aliphatic hydroxyl groups is 1. The molecule has 1 aromatic carbocycles. The van der Waals surface area contributed by atoms with E-state index in [9.17, 15) is 9.50 Å². The van der Waals surface area contributed by atoms with Gasteiger partial charge in [-0.3, -0.25) is 0 Å². The first-order valence-corrected chi connectivity index (χ1v) is 6.58. The molecule has 1 saturated carbocycles. The number of aliphatic hydroxyl groups excluding tert-OH is 1. The van der Waals surface area contributed by atoms with E-state index < -0.39 is 5.82 Å². The third kappa shape index (κ3) is 2.70. The Hall–Kier alpha value is -1.00. The van der Waals surface area contributed by atoms with Crippen molar-refractivity contribution in [2.75, 3.05) is 17.7 Å². The molecule has 0 heterocycles. The van der Waals surface area contributed by atoms with Crippen LogP contribution in [0, 0.1) is 5.82 Å². The molecule has 4 N–H and O–H groups in total. The van der Waals surface area contributed by atoms with Gasteiger partial charge in [0.1, 0.15) is 5.82 Å². The average Bonchev–Trinajstić information content (AvgIpc) is 2.37. The minimum absolute atomic E-state index is 0.0376. The summed E-state index contributed by atoms with van der Waals surface area (Å²) in [6.07, 6.45) is 5.10. The topological polar surface area (TPSA) is 58.3 Å².